The lowest BCUT2D eigenvalue weighted by molar-refractivity contribution is -0.242. The molecule has 1 heterocycles. The molecule has 3 atom stereocenters. The van der Waals surface area contributed by atoms with Crippen molar-refractivity contribution in [3.8, 4) is 0 Å². The monoisotopic (exact) mass is 613 g/mol. The number of benzene rings is 2. The van der Waals surface area contributed by atoms with Crippen LogP contribution in [0.1, 0.15) is 59.0 Å². The minimum absolute atomic E-state index is 0.0220. The summed E-state index contributed by atoms with van der Waals surface area (Å²) in [4.78, 5) is 40.5. The Bertz CT molecular complexity index is 1310. The number of hydrogen-bond donors (Lipinski definition) is 3. The molecule has 0 bridgehead atoms. The van der Waals surface area contributed by atoms with E-state index in [1.165, 1.54) is 28.8 Å². The first-order chi connectivity index (χ1) is 19.1. The van der Waals surface area contributed by atoms with Crippen LogP contribution in [0.25, 0.3) is 0 Å². The number of amides is 3. The highest BCUT2D eigenvalue weighted by molar-refractivity contribution is 7.98. The van der Waals surface area contributed by atoms with Gasteiger partial charge in [-0.1, -0.05) is 29.8 Å². The average molecular weight is 614 g/mol. The third-order valence-corrected chi connectivity index (χ3v) is 8.03. The zero-order valence-corrected chi connectivity index (χ0v) is 25.1. The molecule has 2 aromatic carbocycles. The first-order valence-corrected chi connectivity index (χ1v) is 14.7. The Morgan fingerprint density at radius 3 is 2.44 bits per heavy atom. The number of nitrogens with zero attached hydrogens (tertiary/aromatic N) is 2. The van der Waals surface area contributed by atoms with E-state index < -0.39 is 41.8 Å². The summed E-state index contributed by atoms with van der Waals surface area (Å²) in [6.07, 6.45) is -4.39. The maximum Gasteiger partial charge on any atom is 0.422 e. The average Bonchev–Trinajstić information content (AvgIpc) is 2.84. The second kappa shape index (κ2) is 13.0. The molecular formula is C28H35ClF3N5O3S. The number of anilines is 1. The number of hydrogen-bond acceptors (Lipinski definition) is 6. The molecule has 1 fully saturated rings. The fourth-order valence-electron chi connectivity index (χ4n) is 5.03. The molecule has 3 unspecified atom stereocenters. The molecule has 4 N–H and O–H groups in total. The van der Waals surface area contributed by atoms with Crippen LogP contribution in [0, 0.1) is 6.92 Å². The van der Waals surface area contributed by atoms with E-state index in [0.29, 0.717) is 29.0 Å². The number of carbonyl (C=O) groups excluding carboxylic acids is 3. The third-order valence-electron chi connectivity index (χ3n) is 6.83. The molecule has 1 aliphatic heterocycles. The Balaban J connectivity index is 1.82. The normalized spacial score (nSPS) is 19.4. The number of alkyl halides is 3. The van der Waals surface area contributed by atoms with Gasteiger partial charge in [0.15, 0.2) is 6.17 Å². The molecule has 1 saturated heterocycles. The number of rotatable bonds is 8. The highest BCUT2D eigenvalue weighted by Crippen LogP contribution is 2.34. The summed E-state index contributed by atoms with van der Waals surface area (Å²) in [6.45, 7) is 6.27. The van der Waals surface area contributed by atoms with Crippen molar-refractivity contribution in [1.82, 2.24) is 15.1 Å². The second-order valence-corrected chi connectivity index (χ2v) is 11.8. The molecule has 0 aliphatic carbocycles. The van der Waals surface area contributed by atoms with Crippen molar-refractivity contribution in [2.75, 3.05) is 23.9 Å². The van der Waals surface area contributed by atoms with Gasteiger partial charge in [-0.25, -0.2) is 0 Å². The number of halogens is 4. The van der Waals surface area contributed by atoms with Crippen molar-refractivity contribution in [1.29, 1.82) is 0 Å². The Morgan fingerprint density at radius 1 is 1.17 bits per heavy atom. The van der Waals surface area contributed by atoms with E-state index in [0.717, 1.165) is 11.8 Å². The summed E-state index contributed by atoms with van der Waals surface area (Å²) in [6, 6.07) is 8.90. The van der Waals surface area contributed by atoms with Crippen molar-refractivity contribution in [2.45, 2.75) is 64.7 Å². The van der Waals surface area contributed by atoms with Gasteiger partial charge in [-0.3, -0.25) is 19.3 Å². The van der Waals surface area contributed by atoms with Crippen molar-refractivity contribution < 1.29 is 27.6 Å². The molecule has 41 heavy (non-hydrogen) atoms. The molecule has 13 heteroatoms. The van der Waals surface area contributed by atoms with Crippen LogP contribution in [0.3, 0.4) is 0 Å². The van der Waals surface area contributed by atoms with Gasteiger partial charge in [0.05, 0.1) is 21.8 Å². The lowest BCUT2D eigenvalue weighted by Gasteiger charge is -2.47. The van der Waals surface area contributed by atoms with Crippen LogP contribution in [0.5, 0.6) is 0 Å². The van der Waals surface area contributed by atoms with Crippen LogP contribution in [0.15, 0.2) is 36.4 Å². The predicted molar refractivity (Wildman–Crippen MR) is 156 cm³/mol. The molecule has 8 nitrogen and oxygen atoms in total. The second-order valence-electron chi connectivity index (χ2n) is 10.5. The quantitative estimate of drug-likeness (QED) is 0.362. The van der Waals surface area contributed by atoms with E-state index in [1.807, 2.05) is 6.26 Å². The van der Waals surface area contributed by atoms with E-state index in [4.69, 9.17) is 17.3 Å². The Labute approximate surface area is 247 Å². The summed E-state index contributed by atoms with van der Waals surface area (Å²) in [5.41, 5.74) is 6.75. The molecule has 0 spiro atoms. The first kappa shape index (κ1) is 32.7. The minimum atomic E-state index is -4.62. The third kappa shape index (κ3) is 7.94. The fourth-order valence-corrected chi connectivity index (χ4v) is 5.97. The van der Waals surface area contributed by atoms with Gasteiger partial charge < -0.3 is 21.3 Å². The van der Waals surface area contributed by atoms with Crippen molar-refractivity contribution in [3.05, 3.63) is 63.7 Å². The van der Waals surface area contributed by atoms with E-state index >= 15 is 0 Å². The highest BCUT2D eigenvalue weighted by atomic mass is 35.5. The van der Waals surface area contributed by atoms with Gasteiger partial charge in [0, 0.05) is 37.5 Å². The molecule has 3 amide bonds. The summed E-state index contributed by atoms with van der Waals surface area (Å²) in [5.74, 6) is -1.38. The minimum Gasteiger partial charge on any atom is -0.334 e. The fraction of sp³-hybridized carbons (Fsp3) is 0.464. The summed E-state index contributed by atoms with van der Waals surface area (Å²) >= 11 is 7.76. The van der Waals surface area contributed by atoms with Crippen LogP contribution < -0.4 is 16.4 Å². The largest absolute Gasteiger partial charge is 0.422 e. The zero-order chi connectivity index (χ0) is 30.7. The Hall–Kier alpha value is -2.80. The SMILES string of the molecule is CSCC(C)(N)NC(=O)c1c(Cl)cccc1C(=O)Nc1ccc(CN2CCC(C)N(C(C)=O)C2C(F)(F)F)cc1C. The van der Waals surface area contributed by atoms with Gasteiger partial charge in [-0.2, -0.15) is 24.9 Å². The smallest absolute Gasteiger partial charge is 0.334 e. The van der Waals surface area contributed by atoms with Crippen molar-refractivity contribution in [2.24, 2.45) is 5.73 Å². The number of carbonyl (C=O) groups is 3. The molecule has 3 rings (SSSR count). The Morgan fingerprint density at radius 2 is 1.85 bits per heavy atom. The number of nitrogens with two attached hydrogens (primary N) is 1. The molecule has 0 saturated carbocycles. The van der Waals surface area contributed by atoms with Gasteiger partial charge in [0.2, 0.25) is 5.91 Å². The van der Waals surface area contributed by atoms with Gasteiger partial charge in [0.25, 0.3) is 11.8 Å². The van der Waals surface area contributed by atoms with E-state index in [9.17, 15) is 27.6 Å². The number of thioether (sulfide) groups is 1. The Kier molecular flexibility index (Phi) is 10.4. The van der Waals surface area contributed by atoms with E-state index in [-0.39, 0.29) is 29.2 Å². The van der Waals surface area contributed by atoms with Gasteiger partial charge in [0.1, 0.15) is 0 Å². The molecule has 224 valence electrons. The maximum absolute atomic E-state index is 14.0. The van der Waals surface area contributed by atoms with Crippen LogP contribution in [0.4, 0.5) is 18.9 Å². The molecular weight excluding hydrogens is 579 g/mol. The molecule has 2 aromatic rings. The highest BCUT2D eigenvalue weighted by Gasteiger charge is 2.51. The van der Waals surface area contributed by atoms with Crippen LogP contribution in [0.2, 0.25) is 5.02 Å². The lowest BCUT2D eigenvalue weighted by Crippen LogP contribution is -2.64. The molecule has 0 radical (unpaired) electrons. The number of nitrogens with one attached hydrogen (secondary N) is 2. The van der Waals surface area contributed by atoms with E-state index in [1.54, 1.807) is 45.0 Å². The predicted octanol–water partition coefficient (Wildman–Crippen LogP) is 5.00. The van der Waals surface area contributed by atoms with Crippen molar-refractivity contribution >= 4 is 46.8 Å². The van der Waals surface area contributed by atoms with Gasteiger partial charge >= 0.3 is 6.18 Å². The van der Waals surface area contributed by atoms with Crippen LogP contribution in [-0.4, -0.2) is 70.1 Å². The van der Waals surface area contributed by atoms with E-state index in [2.05, 4.69) is 10.6 Å². The zero-order valence-electron chi connectivity index (χ0n) is 23.6. The standard InChI is InChI=1S/C28H35ClF3N5O3S/c1-16-13-19(14-36-12-11-17(2)37(18(3)38)26(36)28(30,31)32)9-10-22(16)34-24(39)20-7-6-8-21(29)23(20)25(40)35-27(4,33)15-41-5/h6-10,13,17,26H,11-12,14-15,33H2,1-5H3,(H,34,39)(H,35,40). The summed E-state index contributed by atoms with van der Waals surface area (Å²) in [5, 5.41) is 5.55. The molecule has 0 aromatic heterocycles. The molecule has 1 aliphatic rings. The van der Waals surface area contributed by atoms with Crippen molar-refractivity contribution in [3.63, 3.8) is 0 Å². The van der Waals surface area contributed by atoms with Crippen LogP contribution >= 0.6 is 23.4 Å². The summed E-state index contributed by atoms with van der Waals surface area (Å²) in [7, 11) is 0. The van der Waals surface area contributed by atoms with Gasteiger partial charge in [-0.05, 0) is 62.8 Å². The van der Waals surface area contributed by atoms with Gasteiger partial charge in [-0.15, -0.1) is 0 Å². The first-order valence-electron chi connectivity index (χ1n) is 12.9. The summed E-state index contributed by atoms with van der Waals surface area (Å²) < 4.78 is 42.1. The lowest BCUT2D eigenvalue weighted by atomic mass is 10.0. The van der Waals surface area contributed by atoms with Crippen LogP contribution in [-0.2, 0) is 11.3 Å². The number of aryl methyl sites for hydroxylation is 1. The topological polar surface area (TPSA) is 108 Å². The maximum atomic E-state index is 14.0.